The van der Waals surface area contributed by atoms with E-state index in [2.05, 4.69) is 5.32 Å². The summed E-state index contributed by atoms with van der Waals surface area (Å²) in [5.41, 5.74) is 0.920. The zero-order valence-electron chi connectivity index (χ0n) is 12.9. The highest BCUT2D eigenvalue weighted by molar-refractivity contribution is 5.95. The van der Waals surface area contributed by atoms with Gasteiger partial charge in [0.1, 0.15) is 0 Å². The van der Waals surface area contributed by atoms with Gasteiger partial charge >= 0.3 is 0 Å². The third-order valence-electron chi connectivity index (χ3n) is 3.84. The van der Waals surface area contributed by atoms with Crippen molar-refractivity contribution in [1.29, 1.82) is 0 Å². The van der Waals surface area contributed by atoms with Crippen LogP contribution in [0.1, 0.15) is 22.8 Å². The molecule has 1 N–H and O–H groups in total. The molecule has 120 valence electrons. The van der Waals surface area contributed by atoms with E-state index in [1.54, 1.807) is 24.1 Å². The summed E-state index contributed by atoms with van der Waals surface area (Å²) in [7, 11) is 1.57. The molecule has 2 rings (SSSR count). The Kier molecular flexibility index (Phi) is 5.46. The van der Waals surface area contributed by atoms with Crippen LogP contribution in [0.3, 0.4) is 0 Å². The van der Waals surface area contributed by atoms with Crippen molar-refractivity contribution in [3.63, 3.8) is 0 Å². The van der Waals surface area contributed by atoms with Gasteiger partial charge in [-0.15, -0.1) is 0 Å². The van der Waals surface area contributed by atoms with Gasteiger partial charge in [0.25, 0.3) is 11.6 Å². The lowest BCUT2D eigenvalue weighted by atomic mass is 10.0. The number of carbonyl (C=O) groups excluding carboxylic acids is 1. The molecule has 0 aromatic heterocycles. The second-order valence-corrected chi connectivity index (χ2v) is 5.39. The fourth-order valence-electron chi connectivity index (χ4n) is 2.48. The summed E-state index contributed by atoms with van der Waals surface area (Å²) >= 11 is 0. The van der Waals surface area contributed by atoms with Crippen molar-refractivity contribution < 1.29 is 14.5 Å². The van der Waals surface area contributed by atoms with Gasteiger partial charge in [0.2, 0.25) is 0 Å². The number of ether oxygens (including phenoxy) is 1. The molecular formula is C15H21N3O4. The van der Waals surface area contributed by atoms with Crippen LogP contribution >= 0.6 is 0 Å². The molecule has 1 aromatic rings. The number of benzene rings is 1. The van der Waals surface area contributed by atoms with Crippen molar-refractivity contribution in [1.82, 2.24) is 10.2 Å². The maximum Gasteiger partial charge on any atom is 0.273 e. The van der Waals surface area contributed by atoms with Gasteiger partial charge in [0.15, 0.2) is 0 Å². The smallest absolute Gasteiger partial charge is 0.273 e. The summed E-state index contributed by atoms with van der Waals surface area (Å²) in [6.07, 6.45) is 0.322. The molecule has 1 fully saturated rings. The lowest BCUT2D eigenvalue weighted by Gasteiger charge is -2.27. The van der Waals surface area contributed by atoms with E-state index in [4.69, 9.17) is 4.74 Å². The normalized spacial score (nSPS) is 16.4. The lowest BCUT2D eigenvalue weighted by molar-refractivity contribution is -0.385. The number of rotatable bonds is 5. The topological polar surface area (TPSA) is 84.7 Å². The van der Waals surface area contributed by atoms with Gasteiger partial charge in [0, 0.05) is 56.9 Å². The third-order valence-corrected chi connectivity index (χ3v) is 3.84. The van der Waals surface area contributed by atoms with Crippen LogP contribution in [0.5, 0.6) is 0 Å². The van der Waals surface area contributed by atoms with Crippen molar-refractivity contribution in [3.8, 4) is 0 Å². The predicted octanol–water partition coefficient (Wildman–Crippen LogP) is 1.22. The number of hydrogen-bond acceptors (Lipinski definition) is 5. The molecule has 1 atom stereocenters. The summed E-state index contributed by atoms with van der Waals surface area (Å²) < 4.78 is 5.16. The summed E-state index contributed by atoms with van der Waals surface area (Å²) in [5, 5.41) is 14.4. The summed E-state index contributed by atoms with van der Waals surface area (Å²) in [4.78, 5) is 25.0. The van der Waals surface area contributed by atoms with Crippen molar-refractivity contribution in [2.24, 2.45) is 0 Å². The first kappa shape index (κ1) is 16.4. The number of methoxy groups -OCH3 is 1. The maximum absolute atomic E-state index is 12.4. The zero-order chi connectivity index (χ0) is 16.1. The number of nitrogens with one attached hydrogen (secondary N) is 1. The first-order valence-electron chi connectivity index (χ1n) is 7.33. The van der Waals surface area contributed by atoms with E-state index < -0.39 is 4.92 Å². The Labute approximate surface area is 129 Å². The lowest BCUT2D eigenvalue weighted by Crippen LogP contribution is -2.46. The largest absolute Gasteiger partial charge is 0.381 e. The fourth-order valence-corrected chi connectivity index (χ4v) is 2.48. The molecule has 1 saturated heterocycles. The molecule has 0 bridgehead atoms. The van der Waals surface area contributed by atoms with Gasteiger partial charge in [-0.1, -0.05) is 6.07 Å². The Morgan fingerprint density at radius 3 is 2.73 bits per heavy atom. The highest BCUT2D eigenvalue weighted by Gasteiger charge is 2.22. The van der Waals surface area contributed by atoms with E-state index in [1.165, 1.54) is 6.07 Å². The molecule has 1 heterocycles. The minimum Gasteiger partial charge on any atom is -0.381 e. The highest BCUT2D eigenvalue weighted by Crippen LogP contribution is 2.23. The van der Waals surface area contributed by atoms with Crippen LogP contribution < -0.4 is 5.32 Å². The van der Waals surface area contributed by atoms with Gasteiger partial charge in [-0.3, -0.25) is 14.9 Å². The van der Waals surface area contributed by atoms with E-state index in [9.17, 15) is 14.9 Å². The van der Waals surface area contributed by atoms with Crippen LogP contribution in [0.15, 0.2) is 18.2 Å². The Hall–Kier alpha value is -1.99. The second-order valence-electron chi connectivity index (χ2n) is 5.39. The molecule has 0 aliphatic carbocycles. The summed E-state index contributed by atoms with van der Waals surface area (Å²) in [6.45, 7) is 4.59. The molecule has 1 aromatic carbocycles. The number of hydrogen-bond donors (Lipinski definition) is 1. The van der Waals surface area contributed by atoms with Gasteiger partial charge in [0.05, 0.1) is 11.0 Å². The SMILES string of the molecule is COC(C)Cc1ccc(C(=O)N2CCNCC2)cc1[N+](=O)[O-]. The molecule has 1 aliphatic rings. The summed E-state index contributed by atoms with van der Waals surface area (Å²) in [5.74, 6) is -0.157. The number of piperazine rings is 1. The summed E-state index contributed by atoms with van der Waals surface area (Å²) in [6, 6.07) is 4.69. The average molecular weight is 307 g/mol. The Morgan fingerprint density at radius 1 is 1.45 bits per heavy atom. The van der Waals surface area contributed by atoms with Crippen molar-refractivity contribution in [2.75, 3.05) is 33.3 Å². The molecule has 1 unspecified atom stereocenters. The highest BCUT2D eigenvalue weighted by atomic mass is 16.6. The molecule has 0 spiro atoms. The molecule has 1 aliphatic heterocycles. The van der Waals surface area contributed by atoms with E-state index >= 15 is 0 Å². The number of amides is 1. The first-order valence-corrected chi connectivity index (χ1v) is 7.33. The standard InChI is InChI=1S/C15H21N3O4/c1-11(22-2)9-12-3-4-13(10-14(12)18(20)21)15(19)17-7-5-16-6-8-17/h3-4,10-11,16H,5-9H2,1-2H3. The van der Waals surface area contributed by atoms with Crippen LogP contribution in [0, 0.1) is 10.1 Å². The molecule has 7 heteroatoms. The van der Waals surface area contributed by atoms with Gasteiger partial charge < -0.3 is 15.0 Å². The van der Waals surface area contributed by atoms with Crippen LogP contribution in [0.4, 0.5) is 5.69 Å². The van der Waals surface area contributed by atoms with Crippen LogP contribution in [0.2, 0.25) is 0 Å². The minimum atomic E-state index is -0.438. The molecule has 0 saturated carbocycles. The molecule has 7 nitrogen and oxygen atoms in total. The molecule has 22 heavy (non-hydrogen) atoms. The van der Waals surface area contributed by atoms with Gasteiger partial charge in [-0.05, 0) is 13.0 Å². The van der Waals surface area contributed by atoms with E-state index in [1.807, 2.05) is 6.92 Å². The molecule has 1 amide bonds. The Bertz CT molecular complexity index is 556. The first-order chi connectivity index (χ1) is 10.5. The van der Waals surface area contributed by atoms with Crippen LogP contribution in [-0.2, 0) is 11.2 Å². The third kappa shape index (κ3) is 3.80. The van der Waals surface area contributed by atoms with Gasteiger partial charge in [-0.25, -0.2) is 0 Å². The average Bonchev–Trinajstić information content (AvgIpc) is 2.55. The fraction of sp³-hybridized carbons (Fsp3) is 0.533. The monoisotopic (exact) mass is 307 g/mol. The Balaban J connectivity index is 2.24. The Morgan fingerprint density at radius 2 is 2.14 bits per heavy atom. The minimum absolute atomic E-state index is 0.0233. The van der Waals surface area contributed by atoms with E-state index in [-0.39, 0.29) is 17.7 Å². The zero-order valence-corrected chi connectivity index (χ0v) is 12.9. The van der Waals surface area contributed by atoms with Crippen LogP contribution in [0.25, 0.3) is 0 Å². The predicted molar refractivity (Wildman–Crippen MR) is 82.0 cm³/mol. The van der Waals surface area contributed by atoms with Crippen LogP contribution in [-0.4, -0.2) is 55.1 Å². The van der Waals surface area contributed by atoms with Crippen molar-refractivity contribution in [2.45, 2.75) is 19.4 Å². The number of nitro groups is 1. The second kappa shape index (κ2) is 7.33. The molecular weight excluding hydrogens is 286 g/mol. The number of nitro benzene ring substituents is 1. The van der Waals surface area contributed by atoms with Crippen molar-refractivity contribution >= 4 is 11.6 Å². The van der Waals surface area contributed by atoms with Crippen molar-refractivity contribution in [3.05, 3.63) is 39.4 Å². The van der Waals surface area contributed by atoms with E-state index in [0.717, 1.165) is 13.1 Å². The quantitative estimate of drug-likeness (QED) is 0.653. The van der Waals surface area contributed by atoms with Gasteiger partial charge in [-0.2, -0.15) is 0 Å². The van der Waals surface area contributed by atoms with E-state index in [0.29, 0.717) is 30.6 Å². The maximum atomic E-state index is 12.4. The molecule has 0 radical (unpaired) electrons. The number of nitrogens with zero attached hydrogens (tertiary/aromatic N) is 2. The number of carbonyl (C=O) groups is 1.